The van der Waals surface area contributed by atoms with Crippen LogP contribution in [-0.2, 0) is 0 Å². The SMILES string of the molecule is COc1cc(-c2oncc2-c2ccc(SC)c(N)c2)cc(C)c1C. The number of benzene rings is 2. The summed E-state index contributed by atoms with van der Waals surface area (Å²) < 4.78 is 11.0. The maximum atomic E-state index is 6.12. The van der Waals surface area contributed by atoms with E-state index in [0.717, 1.165) is 44.1 Å². The molecule has 2 aromatic carbocycles. The van der Waals surface area contributed by atoms with Gasteiger partial charge in [0.1, 0.15) is 5.75 Å². The summed E-state index contributed by atoms with van der Waals surface area (Å²) in [7, 11) is 1.68. The maximum Gasteiger partial charge on any atom is 0.174 e. The molecule has 0 amide bonds. The number of rotatable bonds is 4. The molecule has 1 heterocycles. The van der Waals surface area contributed by atoms with Crippen molar-refractivity contribution in [2.24, 2.45) is 0 Å². The van der Waals surface area contributed by atoms with Crippen LogP contribution in [0.1, 0.15) is 11.1 Å². The van der Waals surface area contributed by atoms with Crippen molar-refractivity contribution in [2.45, 2.75) is 18.7 Å². The molecule has 0 aliphatic carbocycles. The van der Waals surface area contributed by atoms with Crippen LogP contribution < -0.4 is 10.5 Å². The van der Waals surface area contributed by atoms with Crippen molar-refractivity contribution in [1.29, 1.82) is 0 Å². The van der Waals surface area contributed by atoms with Crippen LogP contribution in [0.2, 0.25) is 0 Å². The predicted octanol–water partition coefficient (Wildman–Crippen LogP) is 4.94. The number of hydrogen-bond donors (Lipinski definition) is 1. The Morgan fingerprint density at radius 3 is 2.58 bits per heavy atom. The zero-order chi connectivity index (χ0) is 17.3. The van der Waals surface area contributed by atoms with E-state index in [4.69, 9.17) is 15.0 Å². The van der Waals surface area contributed by atoms with Gasteiger partial charge in [-0.05, 0) is 61.1 Å². The lowest BCUT2D eigenvalue weighted by atomic mass is 9.98. The van der Waals surface area contributed by atoms with Crippen LogP contribution in [0.15, 0.2) is 45.9 Å². The Bertz CT molecular complexity index is 887. The minimum Gasteiger partial charge on any atom is -0.496 e. The van der Waals surface area contributed by atoms with Gasteiger partial charge in [0.05, 0.1) is 13.3 Å². The lowest BCUT2D eigenvalue weighted by Gasteiger charge is -2.11. The van der Waals surface area contributed by atoms with Crippen molar-refractivity contribution >= 4 is 17.4 Å². The van der Waals surface area contributed by atoms with Crippen molar-refractivity contribution in [3.05, 3.63) is 47.7 Å². The Morgan fingerprint density at radius 2 is 1.92 bits per heavy atom. The molecule has 124 valence electrons. The number of hydrogen-bond acceptors (Lipinski definition) is 5. The quantitative estimate of drug-likeness (QED) is 0.538. The number of ether oxygens (including phenoxy) is 1. The Labute approximate surface area is 146 Å². The van der Waals surface area contributed by atoms with Gasteiger partial charge in [-0.2, -0.15) is 0 Å². The molecule has 5 heteroatoms. The molecule has 0 fully saturated rings. The summed E-state index contributed by atoms with van der Waals surface area (Å²) in [6, 6.07) is 10.1. The number of nitrogens with zero attached hydrogens (tertiary/aromatic N) is 1. The number of anilines is 1. The van der Waals surface area contributed by atoms with Crippen LogP contribution in [0.5, 0.6) is 5.75 Å². The van der Waals surface area contributed by atoms with Gasteiger partial charge < -0.3 is 15.0 Å². The summed E-state index contributed by atoms with van der Waals surface area (Å²) in [6.07, 6.45) is 3.74. The van der Waals surface area contributed by atoms with Gasteiger partial charge in [-0.3, -0.25) is 0 Å². The first-order chi connectivity index (χ1) is 11.5. The largest absolute Gasteiger partial charge is 0.496 e. The molecular weight excluding hydrogens is 320 g/mol. The molecule has 0 saturated carbocycles. The first kappa shape index (κ1) is 16.5. The van der Waals surface area contributed by atoms with E-state index < -0.39 is 0 Å². The van der Waals surface area contributed by atoms with E-state index in [2.05, 4.69) is 18.1 Å². The van der Waals surface area contributed by atoms with Gasteiger partial charge in [0.25, 0.3) is 0 Å². The summed E-state index contributed by atoms with van der Waals surface area (Å²) in [5.74, 6) is 1.55. The fourth-order valence-corrected chi connectivity index (χ4v) is 3.22. The molecule has 3 rings (SSSR count). The number of nitrogen functional groups attached to an aromatic ring is 1. The first-order valence-corrected chi connectivity index (χ1v) is 8.81. The summed E-state index contributed by atoms with van der Waals surface area (Å²) in [5.41, 5.74) is 12.0. The highest BCUT2D eigenvalue weighted by Gasteiger charge is 2.16. The summed E-state index contributed by atoms with van der Waals surface area (Å²) >= 11 is 1.63. The molecule has 2 N–H and O–H groups in total. The fourth-order valence-electron chi connectivity index (χ4n) is 2.73. The smallest absolute Gasteiger partial charge is 0.174 e. The first-order valence-electron chi connectivity index (χ1n) is 7.59. The fraction of sp³-hybridized carbons (Fsp3) is 0.211. The molecule has 0 aliphatic heterocycles. The number of aromatic nitrogens is 1. The molecule has 24 heavy (non-hydrogen) atoms. The average molecular weight is 340 g/mol. The maximum absolute atomic E-state index is 6.12. The third kappa shape index (κ3) is 2.87. The van der Waals surface area contributed by atoms with E-state index in [0.29, 0.717) is 5.76 Å². The van der Waals surface area contributed by atoms with Gasteiger partial charge in [0.2, 0.25) is 0 Å². The van der Waals surface area contributed by atoms with Crippen molar-refractivity contribution in [2.75, 3.05) is 19.1 Å². The highest BCUT2D eigenvalue weighted by atomic mass is 32.2. The van der Waals surface area contributed by atoms with Gasteiger partial charge in [-0.25, -0.2) is 0 Å². The molecule has 3 aromatic rings. The van der Waals surface area contributed by atoms with Crippen molar-refractivity contribution in [3.8, 4) is 28.2 Å². The van der Waals surface area contributed by atoms with E-state index in [9.17, 15) is 0 Å². The Balaban J connectivity index is 2.12. The van der Waals surface area contributed by atoms with Gasteiger partial charge in [-0.15, -0.1) is 11.8 Å². The second kappa shape index (κ2) is 6.61. The van der Waals surface area contributed by atoms with Gasteiger partial charge in [0, 0.05) is 21.7 Å². The molecule has 0 atom stereocenters. The molecule has 0 bridgehead atoms. The Kier molecular flexibility index (Phi) is 4.53. The number of aryl methyl sites for hydroxylation is 1. The van der Waals surface area contributed by atoms with Gasteiger partial charge >= 0.3 is 0 Å². The van der Waals surface area contributed by atoms with Crippen LogP contribution >= 0.6 is 11.8 Å². The third-order valence-corrected chi connectivity index (χ3v) is 5.02. The van der Waals surface area contributed by atoms with E-state index in [-0.39, 0.29) is 0 Å². The molecule has 0 aliphatic rings. The van der Waals surface area contributed by atoms with Crippen molar-refractivity contribution < 1.29 is 9.26 Å². The number of nitrogens with two attached hydrogens (primary N) is 1. The molecule has 0 radical (unpaired) electrons. The summed E-state index contributed by atoms with van der Waals surface area (Å²) in [6.45, 7) is 4.10. The normalized spacial score (nSPS) is 10.8. The van der Waals surface area contributed by atoms with E-state index >= 15 is 0 Å². The van der Waals surface area contributed by atoms with Crippen LogP contribution in [0, 0.1) is 13.8 Å². The zero-order valence-corrected chi connectivity index (χ0v) is 15.0. The van der Waals surface area contributed by atoms with Crippen LogP contribution in [0.3, 0.4) is 0 Å². The average Bonchev–Trinajstić information content (AvgIpc) is 3.06. The van der Waals surface area contributed by atoms with Crippen LogP contribution in [0.25, 0.3) is 22.5 Å². The minimum absolute atomic E-state index is 0.715. The predicted molar refractivity (Wildman–Crippen MR) is 99.6 cm³/mol. The Morgan fingerprint density at radius 1 is 1.12 bits per heavy atom. The van der Waals surface area contributed by atoms with Crippen LogP contribution in [0.4, 0.5) is 5.69 Å². The topological polar surface area (TPSA) is 61.3 Å². The molecule has 0 saturated heterocycles. The van der Waals surface area contributed by atoms with Crippen molar-refractivity contribution in [1.82, 2.24) is 5.16 Å². The van der Waals surface area contributed by atoms with Gasteiger partial charge in [-0.1, -0.05) is 11.2 Å². The standard InChI is InChI=1S/C19H20N2O2S/c1-11-7-14(9-17(22-3)12(11)2)19-15(10-21-23-19)13-5-6-18(24-4)16(20)8-13/h5-10H,20H2,1-4H3. The minimum atomic E-state index is 0.715. The summed E-state index contributed by atoms with van der Waals surface area (Å²) in [5, 5.41) is 3.99. The molecule has 0 unspecified atom stereocenters. The second-order valence-electron chi connectivity index (χ2n) is 5.65. The number of thioether (sulfide) groups is 1. The molecule has 0 spiro atoms. The molecule has 4 nitrogen and oxygen atoms in total. The Hall–Kier alpha value is -2.40. The number of methoxy groups -OCH3 is 1. The van der Waals surface area contributed by atoms with E-state index in [1.165, 1.54) is 0 Å². The lowest BCUT2D eigenvalue weighted by molar-refractivity contribution is 0.410. The zero-order valence-electron chi connectivity index (χ0n) is 14.2. The van der Waals surface area contributed by atoms with Gasteiger partial charge in [0.15, 0.2) is 5.76 Å². The van der Waals surface area contributed by atoms with Crippen LogP contribution in [-0.4, -0.2) is 18.5 Å². The monoisotopic (exact) mass is 340 g/mol. The lowest BCUT2D eigenvalue weighted by Crippen LogP contribution is -1.92. The second-order valence-corrected chi connectivity index (χ2v) is 6.49. The highest BCUT2D eigenvalue weighted by Crippen LogP contribution is 2.37. The molecular formula is C19H20N2O2S. The summed E-state index contributed by atoms with van der Waals surface area (Å²) in [4.78, 5) is 1.06. The van der Waals surface area contributed by atoms with E-state index in [1.54, 1.807) is 25.1 Å². The van der Waals surface area contributed by atoms with E-state index in [1.807, 2.05) is 37.4 Å². The molecule has 1 aromatic heterocycles. The third-order valence-electron chi connectivity index (χ3n) is 4.21. The highest BCUT2D eigenvalue weighted by molar-refractivity contribution is 7.98. The van der Waals surface area contributed by atoms with Crippen molar-refractivity contribution in [3.63, 3.8) is 0 Å².